The summed E-state index contributed by atoms with van der Waals surface area (Å²) in [5.74, 6) is 0. The Balaban J connectivity index is 0. The van der Waals surface area contributed by atoms with Crippen molar-refractivity contribution < 1.29 is 27.6 Å². The van der Waals surface area contributed by atoms with Crippen LogP contribution in [0.1, 0.15) is 13.8 Å². The first-order valence-corrected chi connectivity index (χ1v) is 4.20. The average molecular weight is 200 g/mol. The predicted octanol–water partition coefficient (Wildman–Crippen LogP) is 0.861. The van der Waals surface area contributed by atoms with Crippen LogP contribution in [0.2, 0.25) is 0 Å². The standard InChI is InChI=1S/C5H10O3.H2O3S/c1-3-7-5(6)8-4-2;1-4(2)3/h3-4H2,1-2H3;(H2,1,2,3). The van der Waals surface area contributed by atoms with Crippen molar-refractivity contribution in [3.8, 4) is 0 Å². The number of hydrogen-bond acceptors (Lipinski definition) is 4. The van der Waals surface area contributed by atoms with Crippen molar-refractivity contribution in [2.45, 2.75) is 13.8 Å². The molecule has 0 heterocycles. The van der Waals surface area contributed by atoms with E-state index in [4.69, 9.17) is 13.3 Å². The fourth-order valence-corrected chi connectivity index (χ4v) is 0.277. The van der Waals surface area contributed by atoms with Crippen LogP contribution >= 0.6 is 0 Å². The highest BCUT2D eigenvalue weighted by atomic mass is 32.2. The fourth-order valence-electron chi connectivity index (χ4n) is 0.277. The summed E-state index contributed by atoms with van der Waals surface area (Å²) in [4.78, 5) is 10.2. The van der Waals surface area contributed by atoms with E-state index in [0.717, 1.165) is 0 Å². The van der Waals surface area contributed by atoms with Crippen molar-refractivity contribution in [1.82, 2.24) is 0 Å². The SMILES string of the molecule is CCOC(=O)OCC.O=S(O)O. The average Bonchev–Trinajstić information content (AvgIpc) is 1.87. The fraction of sp³-hybridized carbons (Fsp3) is 0.800. The van der Waals surface area contributed by atoms with Gasteiger partial charge in [-0.1, -0.05) is 0 Å². The van der Waals surface area contributed by atoms with Gasteiger partial charge in [-0.15, -0.1) is 0 Å². The Morgan fingerprint density at radius 2 is 1.50 bits per heavy atom. The second kappa shape index (κ2) is 10.3. The molecule has 0 fully saturated rings. The molecule has 2 N–H and O–H groups in total. The summed E-state index contributed by atoms with van der Waals surface area (Å²) in [5.41, 5.74) is 0. The van der Waals surface area contributed by atoms with E-state index >= 15 is 0 Å². The lowest BCUT2D eigenvalue weighted by Crippen LogP contribution is -2.05. The summed E-state index contributed by atoms with van der Waals surface area (Å²) in [6.45, 7) is 4.21. The van der Waals surface area contributed by atoms with Crippen LogP contribution in [0.5, 0.6) is 0 Å². The second-order valence-electron chi connectivity index (χ2n) is 1.35. The maximum Gasteiger partial charge on any atom is 0.508 e. The minimum absolute atomic E-state index is 0.374. The molecule has 0 atom stereocenters. The van der Waals surface area contributed by atoms with Gasteiger partial charge in [0.15, 0.2) is 0 Å². The molecule has 0 bridgehead atoms. The largest absolute Gasteiger partial charge is 0.508 e. The first-order chi connectivity index (χ1) is 5.54. The molecule has 0 aromatic carbocycles. The second-order valence-corrected chi connectivity index (χ2v) is 1.81. The van der Waals surface area contributed by atoms with Gasteiger partial charge in [0, 0.05) is 0 Å². The van der Waals surface area contributed by atoms with E-state index in [0.29, 0.717) is 13.2 Å². The molecular formula is C5H12O6S. The Hall–Kier alpha value is -0.660. The summed E-state index contributed by atoms with van der Waals surface area (Å²) >= 11 is -2.61. The van der Waals surface area contributed by atoms with Gasteiger partial charge in [-0.3, -0.25) is 9.11 Å². The molecular weight excluding hydrogens is 188 g/mol. The molecule has 0 aromatic heterocycles. The van der Waals surface area contributed by atoms with Crippen LogP contribution in [0, 0.1) is 0 Å². The lowest BCUT2D eigenvalue weighted by molar-refractivity contribution is 0.0630. The molecule has 74 valence electrons. The molecule has 0 unspecified atom stereocenters. The van der Waals surface area contributed by atoms with Gasteiger partial charge in [0.2, 0.25) is 0 Å². The van der Waals surface area contributed by atoms with Gasteiger partial charge in [0.05, 0.1) is 13.2 Å². The van der Waals surface area contributed by atoms with Crippen molar-refractivity contribution in [2.24, 2.45) is 0 Å². The van der Waals surface area contributed by atoms with Crippen molar-refractivity contribution >= 4 is 17.5 Å². The van der Waals surface area contributed by atoms with Gasteiger partial charge in [0.25, 0.3) is 11.4 Å². The molecule has 0 radical (unpaired) electrons. The van der Waals surface area contributed by atoms with Crippen molar-refractivity contribution in [3.63, 3.8) is 0 Å². The van der Waals surface area contributed by atoms with Gasteiger partial charge >= 0.3 is 6.16 Å². The molecule has 0 aliphatic rings. The van der Waals surface area contributed by atoms with E-state index < -0.39 is 17.5 Å². The van der Waals surface area contributed by atoms with E-state index in [1.165, 1.54) is 0 Å². The van der Waals surface area contributed by atoms with E-state index in [2.05, 4.69) is 9.47 Å². The molecule has 0 aromatic rings. The molecule has 0 aliphatic heterocycles. The Labute approximate surface area is 73.0 Å². The molecule has 0 rings (SSSR count). The molecule has 0 aliphatic carbocycles. The highest BCUT2D eigenvalue weighted by Crippen LogP contribution is 1.81. The lowest BCUT2D eigenvalue weighted by atomic mass is 10.8. The first-order valence-electron chi connectivity index (χ1n) is 3.14. The summed E-state index contributed by atoms with van der Waals surface area (Å²) in [6, 6.07) is 0. The molecule has 0 amide bonds. The lowest BCUT2D eigenvalue weighted by Gasteiger charge is -1.98. The predicted molar refractivity (Wildman–Crippen MR) is 42.0 cm³/mol. The van der Waals surface area contributed by atoms with E-state index in [1.54, 1.807) is 13.8 Å². The topological polar surface area (TPSA) is 93.1 Å². The number of carbonyl (C=O) groups is 1. The van der Waals surface area contributed by atoms with Gasteiger partial charge in [-0.2, -0.15) is 4.21 Å². The van der Waals surface area contributed by atoms with Gasteiger partial charge in [0.1, 0.15) is 0 Å². The Morgan fingerprint density at radius 1 is 1.25 bits per heavy atom. The highest BCUT2D eigenvalue weighted by Gasteiger charge is 1.96. The third-order valence-electron chi connectivity index (χ3n) is 0.524. The van der Waals surface area contributed by atoms with Crippen molar-refractivity contribution in [2.75, 3.05) is 13.2 Å². The van der Waals surface area contributed by atoms with Crippen LogP contribution in [-0.2, 0) is 20.8 Å². The van der Waals surface area contributed by atoms with Crippen LogP contribution in [0.4, 0.5) is 4.79 Å². The van der Waals surface area contributed by atoms with E-state index in [-0.39, 0.29) is 0 Å². The Morgan fingerprint density at radius 3 is 1.67 bits per heavy atom. The molecule has 12 heavy (non-hydrogen) atoms. The zero-order valence-electron chi connectivity index (χ0n) is 6.85. The van der Waals surface area contributed by atoms with Gasteiger partial charge in [-0.05, 0) is 13.8 Å². The van der Waals surface area contributed by atoms with Gasteiger partial charge in [-0.25, -0.2) is 4.79 Å². The molecule has 7 heteroatoms. The third-order valence-corrected chi connectivity index (χ3v) is 0.524. The van der Waals surface area contributed by atoms with Crippen LogP contribution in [0.25, 0.3) is 0 Å². The van der Waals surface area contributed by atoms with E-state index in [9.17, 15) is 4.79 Å². The molecule has 6 nitrogen and oxygen atoms in total. The Bertz CT molecular complexity index is 124. The van der Waals surface area contributed by atoms with Crippen LogP contribution in [-0.4, -0.2) is 32.7 Å². The molecule has 0 saturated heterocycles. The maximum absolute atomic E-state index is 10.2. The van der Waals surface area contributed by atoms with Crippen LogP contribution < -0.4 is 0 Å². The normalized spacial score (nSPS) is 8.42. The smallest absolute Gasteiger partial charge is 0.435 e. The monoisotopic (exact) mass is 200 g/mol. The van der Waals surface area contributed by atoms with Crippen LogP contribution in [0.3, 0.4) is 0 Å². The summed E-state index contributed by atoms with van der Waals surface area (Å²) in [5, 5.41) is 0. The number of rotatable bonds is 2. The van der Waals surface area contributed by atoms with Crippen LogP contribution in [0.15, 0.2) is 0 Å². The maximum atomic E-state index is 10.2. The third kappa shape index (κ3) is 22.8. The van der Waals surface area contributed by atoms with Gasteiger partial charge < -0.3 is 9.47 Å². The zero-order chi connectivity index (χ0) is 9.98. The zero-order valence-corrected chi connectivity index (χ0v) is 7.67. The number of ether oxygens (including phenoxy) is 2. The summed E-state index contributed by atoms with van der Waals surface area (Å²) in [7, 11) is 0. The van der Waals surface area contributed by atoms with E-state index in [1.807, 2.05) is 0 Å². The molecule has 0 spiro atoms. The van der Waals surface area contributed by atoms with Crippen molar-refractivity contribution in [1.29, 1.82) is 0 Å². The number of carbonyl (C=O) groups excluding carboxylic acids is 1. The van der Waals surface area contributed by atoms with Crippen molar-refractivity contribution in [3.05, 3.63) is 0 Å². The summed E-state index contributed by atoms with van der Waals surface area (Å²) in [6.07, 6.45) is -0.588. The minimum atomic E-state index is -2.61. The number of hydrogen-bond donors (Lipinski definition) is 2. The first kappa shape index (κ1) is 13.9. The quantitative estimate of drug-likeness (QED) is 0.507. The molecule has 0 saturated carbocycles. The highest BCUT2D eigenvalue weighted by molar-refractivity contribution is 7.73. The summed E-state index contributed by atoms with van der Waals surface area (Å²) < 4.78 is 31.7. The minimum Gasteiger partial charge on any atom is -0.435 e. The Kier molecular flexibility index (Phi) is 12.0.